The van der Waals surface area contributed by atoms with Crippen LogP contribution in [0.15, 0.2) is 53.4 Å². The third-order valence-electron chi connectivity index (χ3n) is 3.00. The van der Waals surface area contributed by atoms with Gasteiger partial charge in [0.2, 0.25) is 0 Å². The van der Waals surface area contributed by atoms with Crippen molar-refractivity contribution in [2.75, 3.05) is 0 Å². The summed E-state index contributed by atoms with van der Waals surface area (Å²) in [4.78, 5) is 1.21. The molecular weight excluding hydrogens is 240 g/mol. The maximum absolute atomic E-state index is 9.57. The standard InChI is InChI=1S/C16H18OS/c1-12-6-3-4-7-15(12)11-18-16-9-5-8-14(10-16)13(2)17/h3-10,13,17H,11H2,1-2H3. The molecule has 0 heterocycles. The van der Waals surface area contributed by atoms with Crippen LogP contribution < -0.4 is 0 Å². The van der Waals surface area contributed by atoms with Gasteiger partial charge in [-0.05, 0) is 42.7 Å². The van der Waals surface area contributed by atoms with Crippen LogP contribution in [0.1, 0.15) is 29.7 Å². The Morgan fingerprint density at radius 1 is 1.11 bits per heavy atom. The summed E-state index contributed by atoms with van der Waals surface area (Å²) in [5.41, 5.74) is 3.67. The maximum atomic E-state index is 9.57. The van der Waals surface area contributed by atoms with Crippen LogP contribution in [0.2, 0.25) is 0 Å². The predicted octanol–water partition coefficient (Wildman–Crippen LogP) is 4.34. The lowest BCUT2D eigenvalue weighted by molar-refractivity contribution is 0.199. The van der Waals surface area contributed by atoms with E-state index in [1.165, 1.54) is 16.0 Å². The minimum absolute atomic E-state index is 0.399. The topological polar surface area (TPSA) is 20.2 Å². The molecule has 1 unspecified atom stereocenters. The summed E-state index contributed by atoms with van der Waals surface area (Å²) in [6.07, 6.45) is -0.399. The van der Waals surface area contributed by atoms with Gasteiger partial charge in [-0.1, -0.05) is 36.4 Å². The summed E-state index contributed by atoms with van der Waals surface area (Å²) in [6, 6.07) is 16.6. The fraction of sp³-hybridized carbons (Fsp3) is 0.250. The number of aliphatic hydroxyl groups excluding tert-OH is 1. The van der Waals surface area contributed by atoms with Gasteiger partial charge in [-0.2, -0.15) is 0 Å². The van der Waals surface area contributed by atoms with E-state index in [2.05, 4.69) is 43.3 Å². The second-order valence-electron chi connectivity index (χ2n) is 4.46. The highest BCUT2D eigenvalue weighted by Crippen LogP contribution is 2.26. The van der Waals surface area contributed by atoms with Gasteiger partial charge in [0.25, 0.3) is 0 Å². The van der Waals surface area contributed by atoms with Crippen LogP contribution in [0, 0.1) is 6.92 Å². The van der Waals surface area contributed by atoms with Crippen molar-refractivity contribution in [3.63, 3.8) is 0 Å². The highest BCUT2D eigenvalue weighted by Gasteiger charge is 2.03. The zero-order valence-corrected chi connectivity index (χ0v) is 11.6. The van der Waals surface area contributed by atoms with Gasteiger partial charge < -0.3 is 5.11 Å². The van der Waals surface area contributed by atoms with Crippen molar-refractivity contribution < 1.29 is 5.11 Å². The lowest BCUT2D eigenvalue weighted by Crippen LogP contribution is -1.91. The summed E-state index contributed by atoms with van der Waals surface area (Å²) in [6.45, 7) is 3.94. The molecule has 18 heavy (non-hydrogen) atoms. The van der Waals surface area contributed by atoms with Gasteiger partial charge in [-0.25, -0.2) is 0 Å². The predicted molar refractivity (Wildman–Crippen MR) is 77.8 cm³/mol. The fourth-order valence-corrected chi connectivity index (χ4v) is 2.84. The molecule has 0 aliphatic rings. The van der Waals surface area contributed by atoms with E-state index in [1.807, 2.05) is 23.9 Å². The number of benzene rings is 2. The molecule has 0 aromatic heterocycles. The Bertz CT molecular complexity index is 520. The van der Waals surface area contributed by atoms with Crippen LogP contribution in [-0.2, 0) is 5.75 Å². The minimum Gasteiger partial charge on any atom is -0.389 e. The summed E-state index contributed by atoms with van der Waals surface area (Å²) >= 11 is 1.81. The quantitative estimate of drug-likeness (QED) is 0.823. The summed E-state index contributed by atoms with van der Waals surface area (Å²) in [7, 11) is 0. The van der Waals surface area contributed by atoms with Crippen molar-refractivity contribution >= 4 is 11.8 Å². The van der Waals surface area contributed by atoms with Crippen LogP contribution in [0.25, 0.3) is 0 Å². The average molecular weight is 258 g/mol. The van der Waals surface area contributed by atoms with Crippen molar-refractivity contribution in [1.82, 2.24) is 0 Å². The first kappa shape index (κ1) is 13.2. The molecule has 1 N–H and O–H groups in total. The van der Waals surface area contributed by atoms with E-state index in [1.54, 1.807) is 6.92 Å². The van der Waals surface area contributed by atoms with Crippen molar-refractivity contribution in [2.24, 2.45) is 0 Å². The molecule has 1 atom stereocenters. The third kappa shape index (κ3) is 3.37. The lowest BCUT2D eigenvalue weighted by atomic mass is 10.1. The van der Waals surface area contributed by atoms with Crippen LogP contribution in [0.5, 0.6) is 0 Å². The van der Waals surface area contributed by atoms with E-state index in [0.717, 1.165) is 11.3 Å². The van der Waals surface area contributed by atoms with E-state index in [0.29, 0.717) is 0 Å². The Balaban J connectivity index is 2.07. The number of hydrogen-bond acceptors (Lipinski definition) is 2. The Kier molecular flexibility index (Phi) is 4.45. The van der Waals surface area contributed by atoms with E-state index in [-0.39, 0.29) is 0 Å². The first-order valence-electron chi connectivity index (χ1n) is 6.12. The van der Waals surface area contributed by atoms with Crippen LogP contribution in [0.3, 0.4) is 0 Å². The minimum atomic E-state index is -0.399. The second kappa shape index (κ2) is 6.07. The molecule has 0 amide bonds. The van der Waals surface area contributed by atoms with Crippen LogP contribution in [0.4, 0.5) is 0 Å². The van der Waals surface area contributed by atoms with Gasteiger partial charge in [-0.3, -0.25) is 0 Å². The Morgan fingerprint density at radius 3 is 2.61 bits per heavy atom. The van der Waals surface area contributed by atoms with Gasteiger partial charge >= 0.3 is 0 Å². The molecule has 1 nitrogen and oxygen atoms in total. The first-order chi connectivity index (χ1) is 8.66. The second-order valence-corrected chi connectivity index (χ2v) is 5.51. The molecule has 2 aromatic carbocycles. The van der Waals surface area contributed by atoms with Gasteiger partial charge in [0.05, 0.1) is 6.10 Å². The molecule has 0 radical (unpaired) electrons. The zero-order valence-electron chi connectivity index (χ0n) is 10.8. The van der Waals surface area contributed by atoms with Crippen molar-refractivity contribution in [1.29, 1.82) is 0 Å². The Hall–Kier alpha value is -1.25. The molecule has 0 bridgehead atoms. The first-order valence-corrected chi connectivity index (χ1v) is 7.10. The van der Waals surface area contributed by atoms with Gasteiger partial charge in [0.15, 0.2) is 0 Å². The molecule has 0 fully saturated rings. The highest BCUT2D eigenvalue weighted by atomic mass is 32.2. The van der Waals surface area contributed by atoms with Crippen LogP contribution >= 0.6 is 11.8 Å². The fourth-order valence-electron chi connectivity index (χ4n) is 1.80. The van der Waals surface area contributed by atoms with Crippen molar-refractivity contribution in [3.8, 4) is 0 Å². The molecule has 0 saturated heterocycles. The molecule has 0 saturated carbocycles. The number of hydrogen-bond donors (Lipinski definition) is 1. The summed E-state index contributed by atoms with van der Waals surface area (Å²) in [5, 5.41) is 9.57. The number of rotatable bonds is 4. The number of aliphatic hydroxyl groups is 1. The lowest BCUT2D eigenvalue weighted by Gasteiger charge is -2.08. The molecule has 94 valence electrons. The van der Waals surface area contributed by atoms with Gasteiger partial charge in [0, 0.05) is 10.6 Å². The Morgan fingerprint density at radius 2 is 1.89 bits per heavy atom. The van der Waals surface area contributed by atoms with E-state index in [4.69, 9.17) is 0 Å². The van der Waals surface area contributed by atoms with E-state index in [9.17, 15) is 5.11 Å². The van der Waals surface area contributed by atoms with E-state index < -0.39 is 6.10 Å². The van der Waals surface area contributed by atoms with Crippen molar-refractivity contribution in [2.45, 2.75) is 30.6 Å². The zero-order chi connectivity index (χ0) is 13.0. The normalized spacial score (nSPS) is 12.4. The summed E-state index contributed by atoms with van der Waals surface area (Å²) in [5.74, 6) is 0.968. The number of aryl methyl sites for hydroxylation is 1. The SMILES string of the molecule is Cc1ccccc1CSc1cccc(C(C)O)c1. The number of thioether (sulfide) groups is 1. The molecule has 2 aromatic rings. The smallest absolute Gasteiger partial charge is 0.0762 e. The Labute approximate surface area is 113 Å². The molecule has 2 heteroatoms. The summed E-state index contributed by atoms with van der Waals surface area (Å²) < 4.78 is 0. The largest absolute Gasteiger partial charge is 0.389 e. The molecule has 0 aliphatic carbocycles. The molecular formula is C16H18OS. The van der Waals surface area contributed by atoms with Crippen molar-refractivity contribution in [3.05, 3.63) is 65.2 Å². The highest BCUT2D eigenvalue weighted by molar-refractivity contribution is 7.98. The van der Waals surface area contributed by atoms with E-state index >= 15 is 0 Å². The average Bonchev–Trinajstić information content (AvgIpc) is 2.38. The third-order valence-corrected chi connectivity index (χ3v) is 4.04. The van der Waals surface area contributed by atoms with Gasteiger partial charge in [-0.15, -0.1) is 11.8 Å². The van der Waals surface area contributed by atoms with Crippen LogP contribution in [-0.4, -0.2) is 5.11 Å². The molecule has 0 spiro atoms. The van der Waals surface area contributed by atoms with Gasteiger partial charge in [0.1, 0.15) is 0 Å². The maximum Gasteiger partial charge on any atom is 0.0762 e. The monoisotopic (exact) mass is 258 g/mol. The molecule has 0 aliphatic heterocycles. The molecule has 2 rings (SSSR count).